The number of aliphatic carboxylic acids is 1. The zero-order valence-corrected chi connectivity index (χ0v) is 11.0. The zero-order valence-electron chi connectivity index (χ0n) is 11.0. The van der Waals surface area contributed by atoms with Gasteiger partial charge >= 0.3 is 5.97 Å². The lowest BCUT2D eigenvalue weighted by Crippen LogP contribution is -2.35. The van der Waals surface area contributed by atoms with Crippen LogP contribution in [0.4, 0.5) is 0 Å². The van der Waals surface area contributed by atoms with E-state index in [1.54, 1.807) is 12.1 Å². The van der Waals surface area contributed by atoms with Gasteiger partial charge in [-0.05, 0) is 43.6 Å². The summed E-state index contributed by atoms with van der Waals surface area (Å²) in [6.45, 7) is 2.29. The predicted molar refractivity (Wildman–Crippen MR) is 70.3 cm³/mol. The summed E-state index contributed by atoms with van der Waals surface area (Å²) < 4.78 is 5.00. The third kappa shape index (κ3) is 3.38. The Hall–Kier alpha value is -1.75. The van der Waals surface area contributed by atoms with E-state index in [9.17, 15) is 9.90 Å². The van der Waals surface area contributed by atoms with Crippen LogP contribution >= 0.6 is 0 Å². The van der Waals surface area contributed by atoms with Crippen molar-refractivity contribution in [1.29, 1.82) is 0 Å². The van der Waals surface area contributed by atoms with Crippen LogP contribution in [0.5, 0.6) is 11.5 Å². The van der Waals surface area contributed by atoms with Crippen LogP contribution in [0.15, 0.2) is 18.2 Å². The Balaban J connectivity index is 1.92. The molecule has 1 aromatic rings. The molecule has 5 heteroatoms. The molecule has 2 rings (SSSR count). The molecule has 0 radical (unpaired) electrons. The first-order valence-corrected chi connectivity index (χ1v) is 6.41. The third-order valence-corrected chi connectivity index (χ3v) is 3.59. The van der Waals surface area contributed by atoms with Crippen LogP contribution in [0.2, 0.25) is 0 Å². The van der Waals surface area contributed by atoms with Crippen LogP contribution in [-0.4, -0.2) is 41.3 Å². The average Bonchev–Trinajstić information content (AvgIpc) is 2.39. The van der Waals surface area contributed by atoms with Gasteiger partial charge in [0.05, 0.1) is 13.0 Å². The monoisotopic (exact) mass is 265 g/mol. The van der Waals surface area contributed by atoms with Crippen molar-refractivity contribution in [2.75, 3.05) is 20.2 Å². The number of methoxy groups -OCH3 is 1. The van der Waals surface area contributed by atoms with E-state index in [2.05, 4.69) is 4.90 Å². The van der Waals surface area contributed by atoms with Crippen LogP contribution in [0, 0.1) is 5.92 Å². The Bertz CT molecular complexity index is 453. The Morgan fingerprint density at radius 3 is 2.63 bits per heavy atom. The number of rotatable bonds is 4. The highest BCUT2D eigenvalue weighted by molar-refractivity contribution is 5.70. The fraction of sp³-hybridized carbons (Fsp3) is 0.500. The summed E-state index contributed by atoms with van der Waals surface area (Å²) in [7, 11) is 1.52. The van der Waals surface area contributed by atoms with Gasteiger partial charge in [0.15, 0.2) is 11.5 Å². The van der Waals surface area contributed by atoms with E-state index in [0.29, 0.717) is 18.6 Å². The molecule has 1 aromatic carbocycles. The number of benzene rings is 1. The fourth-order valence-corrected chi connectivity index (χ4v) is 2.43. The summed E-state index contributed by atoms with van der Waals surface area (Å²) in [5.41, 5.74) is 1.01. The second kappa shape index (κ2) is 5.93. The fourth-order valence-electron chi connectivity index (χ4n) is 2.43. The third-order valence-electron chi connectivity index (χ3n) is 3.59. The molecule has 1 saturated heterocycles. The Morgan fingerprint density at radius 1 is 1.42 bits per heavy atom. The first kappa shape index (κ1) is 13.7. The molecule has 1 aliphatic rings. The van der Waals surface area contributed by atoms with E-state index >= 15 is 0 Å². The van der Waals surface area contributed by atoms with Crippen molar-refractivity contribution in [3.63, 3.8) is 0 Å². The summed E-state index contributed by atoms with van der Waals surface area (Å²) in [6, 6.07) is 5.36. The molecule has 0 unspecified atom stereocenters. The molecule has 5 nitrogen and oxygen atoms in total. The van der Waals surface area contributed by atoms with Crippen molar-refractivity contribution >= 4 is 5.97 Å². The lowest BCUT2D eigenvalue weighted by atomic mass is 9.97. The first-order chi connectivity index (χ1) is 9.10. The van der Waals surface area contributed by atoms with Crippen molar-refractivity contribution in [3.05, 3.63) is 23.8 Å². The number of hydrogen-bond acceptors (Lipinski definition) is 4. The highest BCUT2D eigenvalue weighted by atomic mass is 16.5. The number of likely N-dealkylation sites (tertiary alicyclic amines) is 1. The maximum absolute atomic E-state index is 10.9. The number of phenolic OH excluding ortho intramolecular Hbond substituents is 1. The standard InChI is InChI=1S/C14H19NO4/c1-19-13-3-2-10(8-12(13)16)9-15-6-4-11(5-7-15)14(17)18/h2-3,8,11,16H,4-7,9H2,1H3,(H,17,18). The molecule has 0 aliphatic carbocycles. The smallest absolute Gasteiger partial charge is 0.306 e. The van der Waals surface area contributed by atoms with E-state index < -0.39 is 5.97 Å². The number of carbonyl (C=O) groups is 1. The second-order valence-electron chi connectivity index (χ2n) is 4.89. The van der Waals surface area contributed by atoms with E-state index in [0.717, 1.165) is 25.2 Å². The molecule has 0 bridgehead atoms. The van der Waals surface area contributed by atoms with Gasteiger partial charge in [0, 0.05) is 6.54 Å². The van der Waals surface area contributed by atoms with E-state index in [4.69, 9.17) is 9.84 Å². The minimum absolute atomic E-state index is 0.139. The second-order valence-corrected chi connectivity index (χ2v) is 4.89. The van der Waals surface area contributed by atoms with Crippen molar-refractivity contribution in [3.8, 4) is 11.5 Å². The van der Waals surface area contributed by atoms with Gasteiger partial charge in [0.2, 0.25) is 0 Å². The molecular formula is C14H19NO4. The normalized spacial score (nSPS) is 17.3. The van der Waals surface area contributed by atoms with Crippen LogP contribution in [0.25, 0.3) is 0 Å². The Labute approximate surface area is 112 Å². The molecule has 1 heterocycles. The molecule has 1 fully saturated rings. The van der Waals surface area contributed by atoms with Crippen LogP contribution < -0.4 is 4.74 Å². The van der Waals surface area contributed by atoms with E-state index in [1.165, 1.54) is 7.11 Å². The van der Waals surface area contributed by atoms with E-state index in [1.807, 2.05) is 6.07 Å². The minimum Gasteiger partial charge on any atom is -0.504 e. The largest absolute Gasteiger partial charge is 0.504 e. The van der Waals surface area contributed by atoms with Gasteiger partial charge in [-0.1, -0.05) is 6.07 Å². The number of piperidine rings is 1. The van der Waals surface area contributed by atoms with Crippen molar-refractivity contribution in [2.45, 2.75) is 19.4 Å². The average molecular weight is 265 g/mol. The van der Waals surface area contributed by atoms with Gasteiger partial charge in [-0.15, -0.1) is 0 Å². The number of ether oxygens (including phenoxy) is 1. The summed E-state index contributed by atoms with van der Waals surface area (Å²) in [5.74, 6) is -0.295. The zero-order chi connectivity index (χ0) is 13.8. The number of carboxylic acids is 1. The summed E-state index contributed by atoms with van der Waals surface area (Å²) in [6.07, 6.45) is 1.38. The van der Waals surface area contributed by atoms with Crippen molar-refractivity contribution in [2.24, 2.45) is 5.92 Å². The number of carboxylic acid groups (broad SMARTS) is 1. The number of phenols is 1. The number of aromatic hydroxyl groups is 1. The van der Waals surface area contributed by atoms with Gasteiger partial charge < -0.3 is 14.9 Å². The van der Waals surface area contributed by atoms with Crippen molar-refractivity contribution < 1.29 is 19.7 Å². The number of nitrogens with zero attached hydrogens (tertiary/aromatic N) is 1. The maximum atomic E-state index is 10.9. The summed E-state index contributed by atoms with van der Waals surface area (Å²) in [4.78, 5) is 13.1. The topological polar surface area (TPSA) is 70.0 Å². The predicted octanol–water partition coefficient (Wildman–Crippen LogP) is 1.70. The first-order valence-electron chi connectivity index (χ1n) is 6.41. The molecule has 19 heavy (non-hydrogen) atoms. The van der Waals surface area contributed by atoms with Crippen LogP contribution in [-0.2, 0) is 11.3 Å². The molecule has 2 N–H and O–H groups in total. The molecule has 0 aromatic heterocycles. The van der Waals surface area contributed by atoms with Crippen LogP contribution in [0.1, 0.15) is 18.4 Å². The van der Waals surface area contributed by atoms with E-state index in [-0.39, 0.29) is 11.7 Å². The van der Waals surface area contributed by atoms with Crippen molar-refractivity contribution in [1.82, 2.24) is 4.90 Å². The van der Waals surface area contributed by atoms with Gasteiger partial charge in [-0.25, -0.2) is 0 Å². The minimum atomic E-state index is -0.693. The van der Waals surface area contributed by atoms with Crippen LogP contribution in [0.3, 0.4) is 0 Å². The Morgan fingerprint density at radius 2 is 2.11 bits per heavy atom. The molecule has 0 amide bonds. The lowest BCUT2D eigenvalue weighted by Gasteiger charge is -2.30. The van der Waals surface area contributed by atoms with Gasteiger partial charge in [-0.3, -0.25) is 9.69 Å². The van der Waals surface area contributed by atoms with Gasteiger partial charge in [0.1, 0.15) is 0 Å². The lowest BCUT2D eigenvalue weighted by molar-refractivity contribution is -0.143. The molecule has 0 atom stereocenters. The molecular weight excluding hydrogens is 246 g/mol. The van der Waals surface area contributed by atoms with Gasteiger partial charge in [-0.2, -0.15) is 0 Å². The SMILES string of the molecule is COc1ccc(CN2CCC(C(=O)O)CC2)cc1O. The molecule has 0 saturated carbocycles. The quantitative estimate of drug-likeness (QED) is 0.867. The molecule has 104 valence electrons. The molecule has 0 spiro atoms. The van der Waals surface area contributed by atoms with Gasteiger partial charge in [0.25, 0.3) is 0 Å². The Kier molecular flexibility index (Phi) is 4.27. The summed E-state index contributed by atoms with van der Waals surface area (Å²) >= 11 is 0. The highest BCUT2D eigenvalue weighted by Crippen LogP contribution is 2.27. The summed E-state index contributed by atoms with van der Waals surface area (Å²) in [5, 5.41) is 18.7. The highest BCUT2D eigenvalue weighted by Gasteiger charge is 2.24. The maximum Gasteiger partial charge on any atom is 0.306 e. The molecule has 1 aliphatic heterocycles. The number of hydrogen-bond donors (Lipinski definition) is 2.